The summed E-state index contributed by atoms with van der Waals surface area (Å²) in [4.78, 5) is 21.8. The van der Waals surface area contributed by atoms with E-state index in [-0.39, 0.29) is 5.56 Å². The Morgan fingerprint density at radius 2 is 1.75 bits per heavy atom. The standard InChI is InChI=1S/C26H21N3O3/c1-16-12-13-22(32-15-17-8-4-3-5-9-17)23-18(26(30)31)14-20(27-24(16)23)25-28-19-10-6-7-11-21(19)29(25)2/h3-14H,15H2,1-2H3,(H,30,31). The van der Waals surface area contributed by atoms with Gasteiger partial charge >= 0.3 is 5.97 Å². The van der Waals surface area contributed by atoms with Crippen molar-refractivity contribution in [2.45, 2.75) is 13.5 Å². The number of hydrogen-bond acceptors (Lipinski definition) is 4. The highest BCUT2D eigenvalue weighted by Gasteiger charge is 2.21. The van der Waals surface area contributed by atoms with Crippen LogP contribution in [0.1, 0.15) is 21.5 Å². The van der Waals surface area contributed by atoms with E-state index in [0.29, 0.717) is 34.8 Å². The lowest BCUT2D eigenvalue weighted by Gasteiger charge is -2.14. The smallest absolute Gasteiger partial charge is 0.336 e. The number of carboxylic acids is 1. The lowest BCUT2D eigenvalue weighted by molar-refractivity contribution is 0.0698. The number of benzene rings is 3. The third-order valence-corrected chi connectivity index (χ3v) is 5.61. The summed E-state index contributed by atoms with van der Waals surface area (Å²) in [5.41, 5.74) is 4.91. The molecule has 0 bridgehead atoms. The molecule has 0 saturated carbocycles. The molecule has 0 fully saturated rings. The highest BCUT2D eigenvalue weighted by atomic mass is 16.5. The Labute approximate surface area is 184 Å². The number of rotatable bonds is 5. The molecule has 0 spiro atoms. The van der Waals surface area contributed by atoms with Crippen LogP contribution in [0.2, 0.25) is 0 Å². The van der Waals surface area contributed by atoms with E-state index in [9.17, 15) is 9.90 Å². The van der Waals surface area contributed by atoms with Crippen LogP contribution >= 0.6 is 0 Å². The van der Waals surface area contributed by atoms with Crippen molar-refractivity contribution >= 4 is 27.9 Å². The molecule has 2 aromatic heterocycles. The first kappa shape index (κ1) is 19.8. The summed E-state index contributed by atoms with van der Waals surface area (Å²) >= 11 is 0. The summed E-state index contributed by atoms with van der Waals surface area (Å²) in [5.74, 6) is 0.0779. The van der Waals surface area contributed by atoms with Gasteiger partial charge in [-0.3, -0.25) is 0 Å². The average molecular weight is 423 g/mol. The fourth-order valence-corrected chi connectivity index (χ4v) is 3.96. The predicted molar refractivity (Wildman–Crippen MR) is 124 cm³/mol. The zero-order chi connectivity index (χ0) is 22.2. The van der Waals surface area contributed by atoms with E-state index in [4.69, 9.17) is 14.7 Å². The average Bonchev–Trinajstić information content (AvgIpc) is 3.15. The van der Waals surface area contributed by atoms with Crippen molar-refractivity contribution in [1.29, 1.82) is 0 Å². The minimum atomic E-state index is -1.03. The summed E-state index contributed by atoms with van der Waals surface area (Å²) in [6.45, 7) is 2.26. The van der Waals surface area contributed by atoms with Crippen LogP contribution in [0.5, 0.6) is 5.75 Å². The molecule has 2 heterocycles. The van der Waals surface area contributed by atoms with Gasteiger partial charge in [-0.2, -0.15) is 0 Å². The van der Waals surface area contributed by atoms with Gasteiger partial charge in [0.15, 0.2) is 5.82 Å². The number of pyridine rings is 1. The molecule has 0 unspecified atom stereocenters. The first-order valence-electron chi connectivity index (χ1n) is 10.3. The van der Waals surface area contributed by atoms with Gasteiger partial charge < -0.3 is 14.4 Å². The first-order valence-corrected chi connectivity index (χ1v) is 10.3. The molecule has 0 aliphatic rings. The predicted octanol–water partition coefficient (Wildman–Crippen LogP) is 5.37. The molecule has 6 nitrogen and oxygen atoms in total. The van der Waals surface area contributed by atoms with Crippen LogP contribution < -0.4 is 4.74 Å². The van der Waals surface area contributed by atoms with Gasteiger partial charge in [-0.05, 0) is 42.3 Å². The van der Waals surface area contributed by atoms with E-state index in [2.05, 4.69) is 0 Å². The summed E-state index contributed by atoms with van der Waals surface area (Å²) in [6, 6.07) is 22.8. The molecule has 0 saturated heterocycles. The SMILES string of the molecule is Cc1ccc(OCc2ccccc2)c2c(C(=O)O)cc(-c3nc4ccccc4n3C)nc12. The zero-order valence-electron chi connectivity index (χ0n) is 17.7. The van der Waals surface area contributed by atoms with E-state index in [1.807, 2.05) is 85.3 Å². The molecule has 0 amide bonds. The largest absolute Gasteiger partial charge is 0.488 e. The number of para-hydroxylation sites is 2. The number of carbonyl (C=O) groups is 1. The Hall–Kier alpha value is -4.19. The highest BCUT2D eigenvalue weighted by Crippen LogP contribution is 2.34. The van der Waals surface area contributed by atoms with E-state index in [0.717, 1.165) is 22.2 Å². The number of ether oxygens (including phenoxy) is 1. The molecule has 1 N–H and O–H groups in total. The molecule has 0 aliphatic carbocycles. The van der Waals surface area contributed by atoms with E-state index in [1.54, 1.807) is 6.07 Å². The first-order chi connectivity index (χ1) is 15.5. The van der Waals surface area contributed by atoms with Gasteiger partial charge in [0, 0.05) is 7.05 Å². The van der Waals surface area contributed by atoms with Gasteiger partial charge in [0.05, 0.1) is 27.5 Å². The molecule has 3 aromatic carbocycles. The second kappa shape index (κ2) is 7.81. The van der Waals surface area contributed by atoms with Gasteiger partial charge in [-0.25, -0.2) is 14.8 Å². The summed E-state index contributed by atoms with van der Waals surface area (Å²) in [6.07, 6.45) is 0. The van der Waals surface area contributed by atoms with Gasteiger partial charge in [0.2, 0.25) is 0 Å². The van der Waals surface area contributed by atoms with Crippen molar-refractivity contribution in [2.24, 2.45) is 7.05 Å². The molecule has 5 aromatic rings. The highest BCUT2D eigenvalue weighted by molar-refractivity contribution is 6.07. The second-order valence-electron chi connectivity index (χ2n) is 7.72. The second-order valence-corrected chi connectivity index (χ2v) is 7.72. The Balaban J connectivity index is 1.68. The third kappa shape index (κ3) is 3.36. The van der Waals surface area contributed by atoms with E-state index in [1.165, 1.54) is 0 Å². The minimum absolute atomic E-state index is 0.142. The fraction of sp³-hybridized carbons (Fsp3) is 0.115. The van der Waals surface area contributed by atoms with Crippen LogP contribution in [0.4, 0.5) is 0 Å². The van der Waals surface area contributed by atoms with Crippen LogP contribution in [-0.2, 0) is 13.7 Å². The molecule has 6 heteroatoms. The van der Waals surface area contributed by atoms with Gasteiger partial charge in [0.1, 0.15) is 18.1 Å². The number of hydrogen-bond donors (Lipinski definition) is 1. The molecule has 158 valence electrons. The fourth-order valence-electron chi connectivity index (χ4n) is 3.96. The van der Waals surface area contributed by atoms with Crippen LogP contribution in [0.25, 0.3) is 33.5 Å². The van der Waals surface area contributed by atoms with Gasteiger partial charge in [-0.15, -0.1) is 0 Å². The van der Waals surface area contributed by atoms with Crippen molar-refractivity contribution in [3.05, 3.63) is 89.5 Å². The number of fused-ring (bicyclic) bond motifs is 2. The lowest BCUT2D eigenvalue weighted by atomic mass is 10.0. The van der Waals surface area contributed by atoms with Gasteiger partial charge in [0.25, 0.3) is 0 Å². The monoisotopic (exact) mass is 423 g/mol. The number of carboxylic acid groups (broad SMARTS) is 1. The maximum absolute atomic E-state index is 12.3. The van der Waals surface area contributed by atoms with Crippen LogP contribution in [-0.4, -0.2) is 25.6 Å². The number of imidazole rings is 1. The van der Waals surface area contributed by atoms with Crippen LogP contribution in [0.15, 0.2) is 72.8 Å². The summed E-state index contributed by atoms with van der Waals surface area (Å²) in [5, 5.41) is 10.5. The minimum Gasteiger partial charge on any atom is -0.488 e. The molecule has 0 radical (unpaired) electrons. The van der Waals surface area contributed by atoms with Crippen molar-refractivity contribution in [3.63, 3.8) is 0 Å². The molecule has 0 aliphatic heterocycles. The molecule has 5 rings (SSSR count). The maximum atomic E-state index is 12.3. The van der Waals surface area contributed by atoms with E-state index < -0.39 is 5.97 Å². The Bertz CT molecular complexity index is 1470. The zero-order valence-corrected chi connectivity index (χ0v) is 17.7. The Morgan fingerprint density at radius 3 is 2.50 bits per heavy atom. The number of aryl methyl sites for hydroxylation is 2. The molecular formula is C26H21N3O3. The number of aromatic nitrogens is 3. The summed E-state index contributed by atoms with van der Waals surface area (Å²) in [7, 11) is 1.91. The normalized spacial score (nSPS) is 11.2. The van der Waals surface area contributed by atoms with Crippen molar-refractivity contribution in [2.75, 3.05) is 0 Å². The topological polar surface area (TPSA) is 77.2 Å². The Kier molecular flexibility index (Phi) is 4.82. The van der Waals surface area contributed by atoms with Crippen LogP contribution in [0, 0.1) is 6.92 Å². The lowest BCUT2D eigenvalue weighted by Crippen LogP contribution is -2.05. The molecule has 0 atom stereocenters. The molecule has 32 heavy (non-hydrogen) atoms. The Morgan fingerprint density at radius 1 is 1.00 bits per heavy atom. The quantitative estimate of drug-likeness (QED) is 0.411. The third-order valence-electron chi connectivity index (χ3n) is 5.61. The van der Waals surface area contributed by atoms with Crippen molar-refractivity contribution < 1.29 is 14.6 Å². The van der Waals surface area contributed by atoms with Crippen molar-refractivity contribution in [3.8, 4) is 17.3 Å². The summed E-state index contributed by atoms with van der Waals surface area (Å²) < 4.78 is 7.98. The van der Waals surface area contributed by atoms with Crippen molar-refractivity contribution in [1.82, 2.24) is 14.5 Å². The maximum Gasteiger partial charge on any atom is 0.336 e. The van der Waals surface area contributed by atoms with E-state index >= 15 is 0 Å². The number of nitrogens with zero attached hydrogens (tertiary/aromatic N) is 3. The molecular weight excluding hydrogens is 402 g/mol. The van der Waals surface area contributed by atoms with Crippen LogP contribution in [0.3, 0.4) is 0 Å². The van der Waals surface area contributed by atoms with Gasteiger partial charge in [-0.1, -0.05) is 48.5 Å². The number of aromatic carboxylic acids is 1.